The minimum Gasteiger partial charge on any atom is -0.269 e. The van der Waals surface area contributed by atoms with Gasteiger partial charge < -0.3 is 0 Å². The van der Waals surface area contributed by atoms with Crippen molar-refractivity contribution in [1.82, 2.24) is 0 Å². The maximum atomic E-state index is 3.26. The molecule has 0 nitrogen and oxygen atoms in total. The summed E-state index contributed by atoms with van der Waals surface area (Å²) in [5, 5.41) is 0. The van der Waals surface area contributed by atoms with Gasteiger partial charge in [-0.15, -0.1) is 37.7 Å². The Bertz CT molecular complexity index is 302. The maximum absolute atomic E-state index is 3.26. The second kappa shape index (κ2) is 23.9. The van der Waals surface area contributed by atoms with Crippen LogP contribution in [-0.4, -0.2) is 9.52 Å². The van der Waals surface area contributed by atoms with E-state index in [1.165, 1.54) is 36.8 Å². The number of halogens is 2. The molecule has 4 heteroatoms. The minimum absolute atomic E-state index is 0. The molecule has 0 heterocycles. The smallest absolute Gasteiger partial charge is 0.269 e. The Kier molecular flexibility index (Phi) is 33.1. The Balaban J connectivity index is -0.000000112. The summed E-state index contributed by atoms with van der Waals surface area (Å²) in [6, 6.07) is 0. The first-order chi connectivity index (χ1) is 9.28. The summed E-state index contributed by atoms with van der Waals surface area (Å²) in [7, 11) is 0.750. The molecule has 0 aromatic carbocycles. The van der Waals surface area contributed by atoms with E-state index in [1.54, 1.807) is 0 Å². The van der Waals surface area contributed by atoms with Crippen molar-refractivity contribution in [3.05, 3.63) is 47.6 Å². The summed E-state index contributed by atoms with van der Waals surface area (Å²) in [6.07, 6.45) is 22.2. The van der Waals surface area contributed by atoms with Crippen LogP contribution in [0.3, 0.4) is 0 Å². The summed E-state index contributed by atoms with van der Waals surface area (Å²) in [5.74, 6) is 0. The fraction of sp³-hybridized carbons (Fsp3) is 0.556. The average molecular weight is 438 g/mol. The van der Waals surface area contributed by atoms with Crippen LogP contribution < -0.4 is 0 Å². The molecule has 0 saturated heterocycles. The normalized spacial score (nSPS) is 13.1. The van der Waals surface area contributed by atoms with E-state index in [0.717, 1.165) is 22.4 Å². The first-order valence-electron chi connectivity index (χ1n) is 7.54. The second-order valence-corrected chi connectivity index (χ2v) is 5.85. The van der Waals surface area contributed by atoms with Crippen LogP contribution in [0.25, 0.3) is 0 Å². The molecule has 125 valence electrons. The van der Waals surface area contributed by atoms with Gasteiger partial charge in [0.2, 0.25) is 0 Å². The molecule has 0 unspecified atom stereocenters. The summed E-state index contributed by atoms with van der Waals surface area (Å²) in [4.78, 5) is 0. The SMILES string of the molecule is CCCC1=[C-]CC=C1.CCCC1=[C-]CC=C1.C[SiH]C.Cl.Cl.[Zr+2]. The molecule has 0 amide bonds. The van der Waals surface area contributed by atoms with Crippen LogP contribution in [0.2, 0.25) is 13.1 Å². The number of hydrogen-bond acceptors (Lipinski definition) is 0. The van der Waals surface area contributed by atoms with E-state index < -0.39 is 0 Å². The van der Waals surface area contributed by atoms with Crippen molar-refractivity contribution in [1.29, 1.82) is 0 Å². The fourth-order valence-electron chi connectivity index (χ4n) is 1.78. The van der Waals surface area contributed by atoms with E-state index in [1.807, 2.05) is 0 Å². The zero-order chi connectivity index (χ0) is 14.3. The van der Waals surface area contributed by atoms with Crippen molar-refractivity contribution in [3.8, 4) is 0 Å². The number of hydrogen-bond donors (Lipinski definition) is 0. The maximum Gasteiger partial charge on any atom is 2.00 e. The van der Waals surface area contributed by atoms with Gasteiger partial charge in [0, 0.05) is 9.52 Å². The molecular weight excluding hydrogens is 406 g/mol. The van der Waals surface area contributed by atoms with E-state index in [2.05, 4.69) is 63.4 Å². The van der Waals surface area contributed by atoms with Gasteiger partial charge in [0.05, 0.1) is 0 Å². The Morgan fingerprint density at radius 2 is 1.18 bits per heavy atom. The van der Waals surface area contributed by atoms with Crippen LogP contribution in [0.5, 0.6) is 0 Å². The summed E-state index contributed by atoms with van der Waals surface area (Å²) >= 11 is 0. The van der Waals surface area contributed by atoms with Gasteiger partial charge in [-0.1, -0.05) is 52.6 Å². The number of rotatable bonds is 4. The third-order valence-corrected chi connectivity index (χ3v) is 2.57. The third-order valence-electron chi connectivity index (χ3n) is 2.57. The average Bonchev–Trinajstić information content (AvgIpc) is 3.05. The summed E-state index contributed by atoms with van der Waals surface area (Å²) in [6.45, 7) is 8.81. The van der Waals surface area contributed by atoms with E-state index in [0.29, 0.717) is 0 Å². The monoisotopic (exact) mass is 435 g/mol. The predicted molar refractivity (Wildman–Crippen MR) is 104 cm³/mol. The Morgan fingerprint density at radius 3 is 1.36 bits per heavy atom. The van der Waals surface area contributed by atoms with Gasteiger partial charge in [0.25, 0.3) is 0 Å². The fourth-order valence-corrected chi connectivity index (χ4v) is 1.78. The van der Waals surface area contributed by atoms with Crippen LogP contribution in [0, 0.1) is 12.2 Å². The van der Waals surface area contributed by atoms with Crippen LogP contribution in [-0.2, 0) is 26.2 Å². The Morgan fingerprint density at radius 1 is 0.864 bits per heavy atom. The molecule has 22 heavy (non-hydrogen) atoms. The molecule has 0 aromatic heterocycles. The van der Waals surface area contributed by atoms with Crippen molar-refractivity contribution in [3.63, 3.8) is 0 Å². The number of allylic oxidation sites excluding steroid dienone is 8. The molecular formula is C18H31Cl2SiZr. The van der Waals surface area contributed by atoms with Crippen molar-refractivity contribution < 1.29 is 26.2 Å². The second-order valence-electron chi connectivity index (χ2n) is 4.69. The van der Waals surface area contributed by atoms with Gasteiger partial charge >= 0.3 is 26.2 Å². The quantitative estimate of drug-likeness (QED) is 0.357. The van der Waals surface area contributed by atoms with Crippen molar-refractivity contribution in [2.24, 2.45) is 0 Å². The van der Waals surface area contributed by atoms with Gasteiger partial charge in [-0.05, 0) is 0 Å². The first-order valence-corrected chi connectivity index (χ1v) is 9.85. The molecule has 0 atom stereocenters. The molecule has 0 spiro atoms. The van der Waals surface area contributed by atoms with E-state index in [4.69, 9.17) is 0 Å². The summed E-state index contributed by atoms with van der Waals surface area (Å²) in [5.41, 5.74) is 2.79. The van der Waals surface area contributed by atoms with Crippen molar-refractivity contribution in [2.75, 3.05) is 0 Å². The van der Waals surface area contributed by atoms with E-state index in [-0.39, 0.29) is 51.0 Å². The molecule has 2 aliphatic rings. The van der Waals surface area contributed by atoms with Crippen molar-refractivity contribution in [2.45, 2.75) is 65.5 Å². The van der Waals surface area contributed by atoms with Crippen LogP contribution in [0.15, 0.2) is 35.5 Å². The van der Waals surface area contributed by atoms with Gasteiger partial charge in [-0.2, -0.15) is 12.2 Å². The van der Waals surface area contributed by atoms with Crippen molar-refractivity contribution >= 4 is 34.3 Å². The Labute approximate surface area is 172 Å². The van der Waals surface area contributed by atoms with Crippen LogP contribution in [0.1, 0.15) is 52.4 Å². The summed E-state index contributed by atoms with van der Waals surface area (Å²) < 4.78 is 0. The molecule has 0 saturated carbocycles. The topological polar surface area (TPSA) is 0 Å². The van der Waals surface area contributed by atoms with Gasteiger partial charge in [-0.25, -0.2) is 23.3 Å². The molecule has 0 fully saturated rings. The third kappa shape index (κ3) is 18.7. The molecule has 2 rings (SSSR count). The van der Waals surface area contributed by atoms with Gasteiger partial charge in [0.1, 0.15) is 0 Å². The molecule has 1 radical (unpaired) electrons. The molecule has 0 N–H and O–H groups in total. The van der Waals surface area contributed by atoms with E-state index in [9.17, 15) is 0 Å². The zero-order valence-corrected chi connectivity index (χ0v) is 19.7. The minimum atomic E-state index is 0. The standard InChI is InChI=1S/2C8H11.C2H7Si.2ClH.Zr/c2*1-2-5-8-6-3-4-7-8;1-3-2;;;/h2*3,6H,2,4-5H2,1H3;3H,1-2H3;2*1H;/q2*-1;;;;+2. The molecule has 2 aliphatic carbocycles. The molecule has 0 bridgehead atoms. The molecule has 0 aliphatic heterocycles. The molecule has 0 aromatic rings. The van der Waals surface area contributed by atoms with Gasteiger partial charge in [0.15, 0.2) is 0 Å². The van der Waals surface area contributed by atoms with Crippen LogP contribution >= 0.6 is 24.8 Å². The van der Waals surface area contributed by atoms with E-state index >= 15 is 0 Å². The van der Waals surface area contributed by atoms with Gasteiger partial charge in [-0.3, -0.25) is 12.2 Å². The largest absolute Gasteiger partial charge is 2.00 e. The van der Waals surface area contributed by atoms with Crippen LogP contribution in [0.4, 0.5) is 0 Å². The Hall–Kier alpha value is 0.640. The first kappa shape index (κ1) is 30.5. The zero-order valence-electron chi connectivity index (χ0n) is 14.4. The predicted octanol–water partition coefficient (Wildman–Crippen LogP) is 6.31.